The third kappa shape index (κ3) is 4.67. The lowest BCUT2D eigenvalue weighted by Gasteiger charge is -2.27. The highest BCUT2D eigenvalue weighted by molar-refractivity contribution is 6.30. The molecule has 1 radical (unpaired) electrons. The first-order valence-electron chi connectivity index (χ1n) is 7.14. The van der Waals surface area contributed by atoms with E-state index in [1.807, 2.05) is 12.1 Å². The van der Waals surface area contributed by atoms with Gasteiger partial charge in [0.15, 0.2) is 0 Å². The molecule has 0 N–H and O–H groups in total. The maximum Gasteiger partial charge on any atom is 0.0502 e. The van der Waals surface area contributed by atoms with E-state index in [9.17, 15) is 0 Å². The Kier molecular flexibility index (Phi) is 5.93. The number of allylic oxidation sites excluding steroid dienone is 2. The van der Waals surface area contributed by atoms with Crippen LogP contribution in [0.1, 0.15) is 31.7 Å². The third-order valence-electron chi connectivity index (χ3n) is 3.69. The van der Waals surface area contributed by atoms with Crippen molar-refractivity contribution in [3.05, 3.63) is 52.9 Å². The minimum atomic E-state index is 0.625. The van der Waals surface area contributed by atoms with Gasteiger partial charge in [-0.3, -0.25) is 0 Å². The summed E-state index contributed by atoms with van der Waals surface area (Å²) < 4.78 is 5.57. The van der Waals surface area contributed by atoms with Crippen LogP contribution in [0.3, 0.4) is 0 Å². The quantitative estimate of drug-likeness (QED) is 0.748. The molecule has 1 saturated heterocycles. The van der Waals surface area contributed by atoms with Gasteiger partial charge in [0.1, 0.15) is 0 Å². The summed E-state index contributed by atoms with van der Waals surface area (Å²) in [5, 5.41) is 0.799. The van der Waals surface area contributed by atoms with Gasteiger partial charge >= 0.3 is 0 Å². The molecule has 0 aromatic heterocycles. The first-order valence-corrected chi connectivity index (χ1v) is 7.52. The summed E-state index contributed by atoms with van der Waals surface area (Å²) in [5.41, 5.74) is 1.30. The second kappa shape index (κ2) is 7.72. The van der Waals surface area contributed by atoms with E-state index in [1.54, 1.807) is 0 Å². The normalized spacial score (nSPS) is 20.3. The maximum atomic E-state index is 5.88. The van der Waals surface area contributed by atoms with Crippen molar-refractivity contribution in [1.29, 1.82) is 0 Å². The molecule has 2 heteroatoms. The Labute approximate surface area is 121 Å². The summed E-state index contributed by atoms with van der Waals surface area (Å²) in [7, 11) is 0. The average Bonchev–Trinajstić information content (AvgIpc) is 2.46. The van der Waals surface area contributed by atoms with Gasteiger partial charge in [-0.1, -0.05) is 42.8 Å². The van der Waals surface area contributed by atoms with Gasteiger partial charge in [-0.15, -0.1) is 0 Å². The van der Waals surface area contributed by atoms with Crippen LogP contribution in [0.2, 0.25) is 5.02 Å². The van der Waals surface area contributed by atoms with Crippen LogP contribution < -0.4 is 0 Å². The van der Waals surface area contributed by atoms with E-state index in [2.05, 4.69) is 31.2 Å². The molecule has 0 bridgehead atoms. The molecule has 1 atom stereocenters. The minimum Gasteiger partial charge on any atom is -0.381 e. The fourth-order valence-corrected chi connectivity index (χ4v) is 2.67. The zero-order chi connectivity index (χ0) is 13.5. The Balaban J connectivity index is 1.86. The monoisotopic (exact) mass is 277 g/mol. The molecule has 0 spiro atoms. The Hall–Kier alpha value is -0.790. The van der Waals surface area contributed by atoms with Gasteiger partial charge in [0.2, 0.25) is 0 Å². The Morgan fingerprint density at radius 3 is 2.79 bits per heavy atom. The number of rotatable bonds is 5. The van der Waals surface area contributed by atoms with Gasteiger partial charge in [0, 0.05) is 17.5 Å². The number of hydrogen-bond acceptors (Lipinski definition) is 1. The van der Waals surface area contributed by atoms with E-state index < -0.39 is 0 Å². The number of ether oxygens (including phenoxy) is 1. The number of hydrogen-bond donors (Lipinski definition) is 0. The third-order valence-corrected chi connectivity index (χ3v) is 3.94. The zero-order valence-corrected chi connectivity index (χ0v) is 12.3. The first kappa shape index (κ1) is 14.6. The lowest BCUT2D eigenvalue weighted by molar-refractivity contribution is 0.0607. The molecule has 1 heterocycles. The van der Waals surface area contributed by atoms with E-state index >= 15 is 0 Å². The number of halogens is 1. The molecule has 19 heavy (non-hydrogen) atoms. The maximum absolute atomic E-state index is 5.88. The highest BCUT2D eigenvalue weighted by atomic mass is 35.5. The highest BCUT2D eigenvalue weighted by Gasteiger charge is 2.21. The van der Waals surface area contributed by atoms with Gasteiger partial charge in [-0.25, -0.2) is 0 Å². The molecule has 0 saturated carbocycles. The molecule has 103 valence electrons. The van der Waals surface area contributed by atoms with E-state index in [0.717, 1.165) is 31.1 Å². The van der Waals surface area contributed by atoms with E-state index in [4.69, 9.17) is 16.3 Å². The fraction of sp³-hybridized carbons (Fsp3) is 0.471. The zero-order valence-electron chi connectivity index (χ0n) is 11.6. The molecular formula is C17H22ClO. The van der Waals surface area contributed by atoms with E-state index in [-0.39, 0.29) is 0 Å². The van der Waals surface area contributed by atoms with Crippen molar-refractivity contribution in [3.63, 3.8) is 0 Å². The van der Waals surface area contributed by atoms with E-state index in [1.165, 1.54) is 24.3 Å². The first-order chi connectivity index (χ1) is 9.29. The van der Waals surface area contributed by atoms with Crippen LogP contribution in [0.15, 0.2) is 36.4 Å². The lowest BCUT2D eigenvalue weighted by Crippen LogP contribution is -2.22. The summed E-state index contributed by atoms with van der Waals surface area (Å²) >= 11 is 5.88. The molecule has 1 fully saturated rings. The van der Waals surface area contributed by atoms with Crippen LogP contribution in [-0.2, 0) is 11.2 Å². The van der Waals surface area contributed by atoms with Crippen molar-refractivity contribution in [2.45, 2.75) is 32.6 Å². The molecule has 1 aromatic rings. The van der Waals surface area contributed by atoms with Crippen LogP contribution in [-0.4, -0.2) is 13.2 Å². The largest absolute Gasteiger partial charge is 0.381 e. The second-order valence-corrected chi connectivity index (χ2v) is 5.51. The van der Waals surface area contributed by atoms with Crippen LogP contribution in [0.25, 0.3) is 0 Å². The van der Waals surface area contributed by atoms with Crippen LogP contribution in [0, 0.1) is 11.8 Å². The molecular weight excluding hydrogens is 256 g/mol. The van der Waals surface area contributed by atoms with Crippen molar-refractivity contribution in [1.82, 2.24) is 0 Å². The number of benzene rings is 1. The Morgan fingerprint density at radius 2 is 2.16 bits per heavy atom. The Morgan fingerprint density at radius 1 is 1.37 bits per heavy atom. The lowest BCUT2D eigenvalue weighted by atomic mass is 9.85. The topological polar surface area (TPSA) is 9.23 Å². The molecule has 1 aliphatic heterocycles. The minimum absolute atomic E-state index is 0.625. The molecule has 0 amide bonds. The predicted octanol–water partition coefficient (Wildman–Crippen LogP) is 4.85. The SMILES string of the molecule is CC[C](C=CCc1ccc(Cl)cc1)C1CCCOC1. The molecule has 1 aliphatic rings. The van der Waals surface area contributed by atoms with Crippen molar-refractivity contribution < 1.29 is 4.74 Å². The standard InChI is InChI=1S/C17H22ClO/c1-2-15(16-7-4-12-19-13-16)6-3-5-14-8-10-17(18)11-9-14/h3,6,8-11,16H,2,4-5,7,12-13H2,1H3. The van der Waals surface area contributed by atoms with Gasteiger partial charge in [0.25, 0.3) is 0 Å². The molecule has 1 aromatic carbocycles. The van der Waals surface area contributed by atoms with E-state index in [0.29, 0.717) is 5.92 Å². The van der Waals surface area contributed by atoms with Crippen molar-refractivity contribution in [2.24, 2.45) is 5.92 Å². The molecule has 1 unspecified atom stereocenters. The molecule has 2 rings (SSSR count). The van der Waals surface area contributed by atoms with Crippen molar-refractivity contribution in [3.8, 4) is 0 Å². The van der Waals surface area contributed by atoms with Crippen LogP contribution in [0.4, 0.5) is 0 Å². The average molecular weight is 278 g/mol. The summed E-state index contributed by atoms with van der Waals surface area (Å²) in [6, 6.07) is 8.07. The summed E-state index contributed by atoms with van der Waals surface area (Å²) in [6.45, 7) is 4.06. The van der Waals surface area contributed by atoms with Crippen molar-refractivity contribution in [2.75, 3.05) is 13.2 Å². The summed E-state index contributed by atoms with van der Waals surface area (Å²) in [5.74, 6) is 2.15. The predicted molar refractivity (Wildman–Crippen MR) is 81.4 cm³/mol. The molecule has 0 aliphatic carbocycles. The van der Waals surface area contributed by atoms with Gasteiger partial charge < -0.3 is 4.74 Å². The highest BCUT2D eigenvalue weighted by Crippen LogP contribution is 2.27. The van der Waals surface area contributed by atoms with Crippen molar-refractivity contribution >= 4 is 11.6 Å². The smallest absolute Gasteiger partial charge is 0.0502 e. The Bertz CT molecular complexity index is 390. The second-order valence-electron chi connectivity index (χ2n) is 5.08. The van der Waals surface area contributed by atoms with Crippen LogP contribution in [0.5, 0.6) is 0 Å². The summed E-state index contributed by atoms with van der Waals surface area (Å²) in [6.07, 6.45) is 9.11. The van der Waals surface area contributed by atoms with Gasteiger partial charge in [-0.05, 0) is 49.3 Å². The molecule has 1 nitrogen and oxygen atoms in total. The van der Waals surface area contributed by atoms with Gasteiger partial charge in [-0.2, -0.15) is 0 Å². The van der Waals surface area contributed by atoms with Gasteiger partial charge in [0.05, 0.1) is 6.61 Å². The van der Waals surface area contributed by atoms with Crippen LogP contribution >= 0.6 is 11.6 Å². The fourth-order valence-electron chi connectivity index (χ4n) is 2.54. The summed E-state index contributed by atoms with van der Waals surface area (Å²) in [4.78, 5) is 0.